The predicted molar refractivity (Wildman–Crippen MR) is 107 cm³/mol. The number of hydrogen-bond donors (Lipinski definition) is 1. The minimum Gasteiger partial charge on any atom is -0.357 e. The monoisotopic (exact) mass is 360 g/mol. The van der Waals surface area contributed by atoms with Gasteiger partial charge in [-0.3, -0.25) is 9.79 Å². The van der Waals surface area contributed by atoms with Crippen molar-refractivity contribution in [3.05, 3.63) is 57.1 Å². The van der Waals surface area contributed by atoms with Crippen LogP contribution in [0.5, 0.6) is 0 Å². The second-order valence-electron chi connectivity index (χ2n) is 5.93. The van der Waals surface area contributed by atoms with Crippen LogP contribution in [0.15, 0.2) is 51.7 Å². The fraction of sp³-hybridized carbons (Fsp3) is 0.474. The van der Waals surface area contributed by atoms with Crippen LogP contribution in [-0.4, -0.2) is 42.1 Å². The quantitative estimate of drug-likeness (QED) is 0.425. The minimum atomic E-state index is 0.0626. The van der Waals surface area contributed by atoms with Crippen molar-refractivity contribution >= 4 is 17.3 Å². The number of likely N-dealkylation sites (N-methyl/N-ethyl adjacent to an activating group) is 1. The summed E-state index contributed by atoms with van der Waals surface area (Å²) >= 11 is 1.80. The molecule has 0 aliphatic rings. The Bertz CT molecular complexity index is 693. The van der Waals surface area contributed by atoms with Crippen LogP contribution in [-0.2, 0) is 13.0 Å². The van der Waals surface area contributed by atoms with Crippen LogP contribution in [0, 0.1) is 0 Å². The Balaban J connectivity index is 1.76. The number of pyridine rings is 1. The number of aryl methyl sites for hydroxylation is 1. The minimum absolute atomic E-state index is 0.0626. The van der Waals surface area contributed by atoms with E-state index in [0.29, 0.717) is 0 Å². The first-order chi connectivity index (χ1) is 12.2. The Morgan fingerprint density at radius 1 is 1.28 bits per heavy atom. The van der Waals surface area contributed by atoms with Crippen LogP contribution in [0.25, 0.3) is 0 Å². The normalized spacial score (nSPS) is 11.5. The van der Waals surface area contributed by atoms with Gasteiger partial charge in [0.1, 0.15) is 0 Å². The molecule has 2 aromatic heterocycles. The van der Waals surface area contributed by atoms with Gasteiger partial charge in [-0.05, 0) is 43.7 Å². The topological polar surface area (TPSA) is 49.6 Å². The maximum absolute atomic E-state index is 11.7. The van der Waals surface area contributed by atoms with E-state index in [9.17, 15) is 4.79 Å². The second kappa shape index (κ2) is 10.7. The zero-order chi connectivity index (χ0) is 17.9. The Morgan fingerprint density at radius 2 is 2.16 bits per heavy atom. The van der Waals surface area contributed by atoms with Gasteiger partial charge in [0.2, 0.25) is 5.56 Å². The van der Waals surface area contributed by atoms with Crippen molar-refractivity contribution in [3.8, 4) is 0 Å². The molecule has 0 radical (unpaired) electrons. The summed E-state index contributed by atoms with van der Waals surface area (Å²) < 4.78 is 1.75. The molecule has 25 heavy (non-hydrogen) atoms. The van der Waals surface area contributed by atoms with Gasteiger partial charge in [-0.1, -0.05) is 12.1 Å². The molecule has 0 amide bonds. The summed E-state index contributed by atoms with van der Waals surface area (Å²) in [5.41, 5.74) is 0.0626. The maximum Gasteiger partial charge on any atom is 0.250 e. The van der Waals surface area contributed by atoms with Crippen molar-refractivity contribution < 1.29 is 0 Å². The molecule has 0 aliphatic carbocycles. The molecular formula is C19H28N4OS. The number of unbranched alkanes of at least 4 members (excludes halogenated alkanes) is 1. The number of hydrogen-bond acceptors (Lipinski definition) is 3. The van der Waals surface area contributed by atoms with Gasteiger partial charge >= 0.3 is 0 Å². The van der Waals surface area contributed by atoms with Crippen molar-refractivity contribution in [2.75, 3.05) is 26.7 Å². The Hall–Kier alpha value is -2.08. The first kappa shape index (κ1) is 19.2. The number of aliphatic imine (C=N–C) groups is 1. The fourth-order valence-corrected chi connectivity index (χ4v) is 3.23. The molecule has 0 spiro atoms. The molecule has 1 N–H and O–H groups in total. The van der Waals surface area contributed by atoms with Gasteiger partial charge in [-0.2, -0.15) is 0 Å². The third-order valence-corrected chi connectivity index (χ3v) is 4.87. The molecule has 0 saturated heterocycles. The zero-order valence-corrected chi connectivity index (χ0v) is 16.0. The first-order valence-electron chi connectivity index (χ1n) is 8.88. The van der Waals surface area contributed by atoms with Crippen LogP contribution in [0.2, 0.25) is 0 Å². The molecule has 0 aromatic carbocycles. The smallest absolute Gasteiger partial charge is 0.250 e. The van der Waals surface area contributed by atoms with Gasteiger partial charge in [0, 0.05) is 50.4 Å². The highest BCUT2D eigenvalue weighted by Gasteiger charge is 2.06. The van der Waals surface area contributed by atoms with Crippen molar-refractivity contribution in [1.29, 1.82) is 0 Å². The van der Waals surface area contributed by atoms with Crippen LogP contribution in [0.1, 0.15) is 24.6 Å². The Labute approximate surface area is 154 Å². The van der Waals surface area contributed by atoms with Gasteiger partial charge in [0.05, 0.1) is 0 Å². The van der Waals surface area contributed by atoms with Crippen molar-refractivity contribution in [2.45, 2.75) is 32.7 Å². The Kier molecular flexibility index (Phi) is 8.25. The lowest BCUT2D eigenvalue weighted by molar-refractivity contribution is 0.485. The van der Waals surface area contributed by atoms with Crippen molar-refractivity contribution in [1.82, 2.24) is 14.8 Å². The summed E-state index contributed by atoms with van der Waals surface area (Å²) in [5, 5.41) is 5.47. The molecule has 0 atom stereocenters. The van der Waals surface area contributed by atoms with E-state index in [4.69, 9.17) is 4.99 Å². The van der Waals surface area contributed by atoms with E-state index in [0.717, 1.165) is 51.4 Å². The number of guanidine groups is 1. The van der Waals surface area contributed by atoms with E-state index in [-0.39, 0.29) is 5.56 Å². The highest BCUT2D eigenvalue weighted by molar-refractivity contribution is 7.09. The summed E-state index contributed by atoms with van der Waals surface area (Å²) in [7, 11) is 2.08. The molecule has 2 rings (SSSR count). The summed E-state index contributed by atoms with van der Waals surface area (Å²) in [5.74, 6) is 0.955. The summed E-state index contributed by atoms with van der Waals surface area (Å²) in [4.78, 5) is 20.0. The fourth-order valence-electron chi connectivity index (χ4n) is 2.53. The molecule has 0 saturated carbocycles. The molecule has 5 nitrogen and oxygen atoms in total. The highest BCUT2D eigenvalue weighted by Crippen LogP contribution is 2.09. The molecule has 2 aromatic rings. The van der Waals surface area contributed by atoms with Crippen LogP contribution in [0.3, 0.4) is 0 Å². The molecule has 0 unspecified atom stereocenters. The maximum atomic E-state index is 11.7. The van der Waals surface area contributed by atoms with Gasteiger partial charge in [0.15, 0.2) is 5.96 Å². The summed E-state index contributed by atoms with van der Waals surface area (Å²) in [6.45, 7) is 5.42. The molecule has 136 valence electrons. The van der Waals surface area contributed by atoms with Gasteiger partial charge in [-0.25, -0.2) is 0 Å². The van der Waals surface area contributed by atoms with E-state index in [2.05, 4.69) is 41.7 Å². The van der Waals surface area contributed by atoms with Crippen LogP contribution < -0.4 is 10.9 Å². The third kappa shape index (κ3) is 6.74. The molecule has 0 bridgehead atoms. The average molecular weight is 361 g/mol. The van der Waals surface area contributed by atoms with Crippen LogP contribution >= 0.6 is 11.3 Å². The molecule has 6 heteroatoms. The van der Waals surface area contributed by atoms with Gasteiger partial charge in [-0.15, -0.1) is 11.3 Å². The van der Waals surface area contributed by atoms with E-state index in [1.54, 1.807) is 28.0 Å². The summed E-state index contributed by atoms with van der Waals surface area (Å²) in [6, 6.07) is 9.54. The third-order valence-electron chi connectivity index (χ3n) is 3.94. The molecule has 0 aliphatic heterocycles. The van der Waals surface area contributed by atoms with Gasteiger partial charge in [0.25, 0.3) is 0 Å². The van der Waals surface area contributed by atoms with E-state index >= 15 is 0 Å². The number of nitrogens with zero attached hydrogens (tertiary/aromatic N) is 3. The number of thiophene rings is 1. The number of nitrogens with one attached hydrogen (secondary N) is 1. The van der Waals surface area contributed by atoms with Crippen molar-refractivity contribution in [2.24, 2.45) is 4.99 Å². The number of aromatic nitrogens is 1. The Morgan fingerprint density at radius 3 is 2.88 bits per heavy atom. The van der Waals surface area contributed by atoms with E-state index in [1.807, 2.05) is 12.3 Å². The standard InChI is InChI=1S/C19H28N4OS/c1-3-20-19(22(2)15-11-17-9-8-16-25-17)21-12-5-7-14-23-13-6-4-10-18(23)24/h4,6,8-10,13,16H,3,5,7,11-12,14-15H2,1-2H3,(H,20,21). The molecule has 0 fully saturated rings. The van der Waals surface area contributed by atoms with E-state index < -0.39 is 0 Å². The summed E-state index contributed by atoms with van der Waals surface area (Å²) in [6.07, 6.45) is 4.80. The molecular weight excluding hydrogens is 332 g/mol. The molecule has 2 heterocycles. The lowest BCUT2D eigenvalue weighted by atomic mass is 10.3. The number of rotatable bonds is 9. The highest BCUT2D eigenvalue weighted by atomic mass is 32.1. The lowest BCUT2D eigenvalue weighted by Crippen LogP contribution is -2.40. The first-order valence-corrected chi connectivity index (χ1v) is 9.76. The largest absolute Gasteiger partial charge is 0.357 e. The van der Waals surface area contributed by atoms with Crippen LogP contribution in [0.4, 0.5) is 0 Å². The average Bonchev–Trinajstić information content (AvgIpc) is 3.13. The van der Waals surface area contributed by atoms with Gasteiger partial charge < -0.3 is 14.8 Å². The second-order valence-corrected chi connectivity index (χ2v) is 6.96. The van der Waals surface area contributed by atoms with E-state index in [1.165, 1.54) is 4.88 Å². The lowest BCUT2D eigenvalue weighted by Gasteiger charge is -2.21. The predicted octanol–water partition coefficient (Wildman–Crippen LogP) is 2.83. The zero-order valence-electron chi connectivity index (χ0n) is 15.1. The SMILES string of the molecule is CCNC(=NCCCCn1ccccc1=O)N(C)CCc1cccs1. The van der Waals surface area contributed by atoms with Crippen molar-refractivity contribution in [3.63, 3.8) is 0 Å².